The molecule has 0 aliphatic rings. The van der Waals surface area contributed by atoms with Crippen LogP contribution in [0.1, 0.15) is 16.0 Å². The lowest BCUT2D eigenvalue weighted by atomic mass is 9.90. The van der Waals surface area contributed by atoms with E-state index >= 15 is 0 Å². The van der Waals surface area contributed by atoms with E-state index in [0.717, 1.165) is 92.4 Å². The van der Waals surface area contributed by atoms with Crippen molar-refractivity contribution in [2.75, 3.05) is 0 Å². The maximum absolute atomic E-state index is 6.46. The molecule has 0 N–H and O–H groups in total. The van der Waals surface area contributed by atoms with Gasteiger partial charge < -0.3 is 4.42 Å². The normalized spacial score (nSPS) is 11.4. The molecule has 10 aromatic rings. The van der Waals surface area contributed by atoms with Gasteiger partial charge in [-0.05, 0) is 85.9 Å². The van der Waals surface area contributed by atoms with Gasteiger partial charge in [-0.15, -0.1) is 11.3 Å². The summed E-state index contributed by atoms with van der Waals surface area (Å²) < 4.78 is 7.58. The quantitative estimate of drug-likeness (QED) is 0.156. The lowest BCUT2D eigenvalue weighted by Gasteiger charge is -2.13. The van der Waals surface area contributed by atoms with E-state index in [-0.39, 0.29) is 0 Å². The lowest BCUT2D eigenvalue weighted by molar-refractivity contribution is 0.669. The molecule has 0 amide bonds. The van der Waals surface area contributed by atoms with Crippen LogP contribution in [0.4, 0.5) is 0 Å². The van der Waals surface area contributed by atoms with E-state index in [4.69, 9.17) is 19.4 Å². The molecule has 4 nitrogen and oxygen atoms in total. The fourth-order valence-corrected chi connectivity index (χ4v) is 8.81. The van der Waals surface area contributed by atoms with Gasteiger partial charge in [0, 0.05) is 37.0 Å². The van der Waals surface area contributed by atoms with Gasteiger partial charge in [0.05, 0.1) is 0 Å². The molecule has 3 heterocycles. The molecular formula is C51H33N3OS. The highest BCUT2D eigenvalue weighted by Crippen LogP contribution is 2.41. The number of rotatable bonds is 8. The number of benzene rings is 7. The highest BCUT2D eigenvalue weighted by atomic mass is 32.1. The summed E-state index contributed by atoms with van der Waals surface area (Å²) in [6, 6.07) is 50.4. The first-order valence-electron chi connectivity index (χ1n) is 18.4. The average Bonchev–Trinajstić information content (AvgIpc) is 3.87. The first kappa shape index (κ1) is 33.4. The Morgan fingerprint density at radius 3 is 1.91 bits per heavy atom. The third kappa shape index (κ3) is 5.56. The maximum Gasteiger partial charge on any atom is 0.165 e. The van der Waals surface area contributed by atoms with Gasteiger partial charge in [0.25, 0.3) is 0 Å². The molecule has 0 unspecified atom stereocenters. The summed E-state index contributed by atoms with van der Waals surface area (Å²) in [5.41, 5.74) is 11.0. The Morgan fingerprint density at radius 2 is 1.14 bits per heavy atom. The standard InChI is InChI=1S/C51H33N3OS/c1-4-31-29-43(41-18-11-10-17-40(41)38(31)6-3)35-26-27-45-44(30-35)47-39(19-13-21-46(47)55-45)32-22-24-34(25-23-32)50-52-49(33-14-8-7-9-15-33)53-51(54-50)42-20-12-16-36-28-37(5-2)56-48(36)42/h4-30H,1-3H2. The molecule has 7 aromatic carbocycles. The van der Waals surface area contributed by atoms with Crippen LogP contribution in [0, 0.1) is 0 Å². The van der Waals surface area contributed by atoms with Gasteiger partial charge in [0.2, 0.25) is 0 Å². The Kier molecular flexibility index (Phi) is 8.09. The van der Waals surface area contributed by atoms with Crippen LogP contribution in [0.25, 0.3) is 117 Å². The molecule has 264 valence electrons. The summed E-state index contributed by atoms with van der Waals surface area (Å²) in [5.74, 6) is 1.88. The fourth-order valence-electron chi connectivity index (χ4n) is 7.79. The summed E-state index contributed by atoms with van der Waals surface area (Å²) in [5, 5.41) is 5.60. The van der Waals surface area contributed by atoms with E-state index in [1.165, 1.54) is 5.39 Å². The molecule has 0 aliphatic heterocycles. The molecule has 10 rings (SSSR count). The van der Waals surface area contributed by atoms with Crippen LogP contribution in [0.5, 0.6) is 0 Å². The van der Waals surface area contributed by atoms with Crippen molar-refractivity contribution in [2.24, 2.45) is 0 Å². The Hall–Kier alpha value is -7.21. The number of hydrogen-bond acceptors (Lipinski definition) is 5. The molecule has 5 heteroatoms. The van der Waals surface area contributed by atoms with Crippen LogP contribution in [0.15, 0.2) is 170 Å². The molecule has 0 saturated heterocycles. The zero-order chi connectivity index (χ0) is 37.8. The van der Waals surface area contributed by atoms with Crippen LogP contribution < -0.4 is 0 Å². The number of thiophene rings is 1. The van der Waals surface area contributed by atoms with Crippen molar-refractivity contribution in [3.05, 3.63) is 181 Å². The minimum Gasteiger partial charge on any atom is -0.456 e. The number of furan rings is 1. The van der Waals surface area contributed by atoms with E-state index in [9.17, 15) is 0 Å². The molecule has 3 aromatic heterocycles. The van der Waals surface area contributed by atoms with Gasteiger partial charge in [-0.2, -0.15) is 0 Å². The third-order valence-corrected chi connectivity index (χ3v) is 11.7. The van der Waals surface area contributed by atoms with Crippen LogP contribution in [0.3, 0.4) is 0 Å². The summed E-state index contributed by atoms with van der Waals surface area (Å²) in [7, 11) is 0. The predicted molar refractivity (Wildman–Crippen MR) is 237 cm³/mol. The van der Waals surface area contributed by atoms with E-state index in [2.05, 4.69) is 129 Å². The molecule has 0 spiro atoms. The maximum atomic E-state index is 6.46. The highest BCUT2D eigenvalue weighted by molar-refractivity contribution is 7.20. The average molecular weight is 736 g/mol. The fraction of sp³-hybridized carbons (Fsp3) is 0. The largest absolute Gasteiger partial charge is 0.456 e. The number of fused-ring (bicyclic) bond motifs is 5. The van der Waals surface area contributed by atoms with Crippen LogP contribution in [-0.2, 0) is 0 Å². The Bertz CT molecular complexity index is 3190. The number of hydrogen-bond donors (Lipinski definition) is 0. The second-order valence-electron chi connectivity index (χ2n) is 13.7. The molecule has 0 bridgehead atoms. The van der Waals surface area contributed by atoms with E-state index < -0.39 is 0 Å². The SMILES string of the molecule is C=Cc1cc2cccc(-c3nc(-c4ccccc4)nc(-c4ccc(-c5cccc6oc7ccc(-c8cc(C=C)c(C=C)c9ccccc89)cc7c56)cc4)n3)c2s1. The smallest absolute Gasteiger partial charge is 0.165 e. The van der Waals surface area contributed by atoms with Crippen LogP contribution >= 0.6 is 11.3 Å². The summed E-state index contributed by atoms with van der Waals surface area (Å²) >= 11 is 1.69. The molecule has 0 radical (unpaired) electrons. The third-order valence-electron chi connectivity index (χ3n) is 10.5. The van der Waals surface area contributed by atoms with Crippen molar-refractivity contribution in [3.8, 4) is 56.4 Å². The molecule has 0 aliphatic carbocycles. The van der Waals surface area contributed by atoms with Gasteiger partial charge in [-0.25, -0.2) is 15.0 Å². The van der Waals surface area contributed by atoms with Crippen molar-refractivity contribution in [3.63, 3.8) is 0 Å². The predicted octanol–water partition coefficient (Wildman–Crippen LogP) is 14.4. The zero-order valence-corrected chi connectivity index (χ0v) is 31.2. The molecular weight excluding hydrogens is 703 g/mol. The van der Waals surface area contributed by atoms with Crippen molar-refractivity contribution in [1.29, 1.82) is 0 Å². The van der Waals surface area contributed by atoms with Crippen molar-refractivity contribution >= 4 is 72.4 Å². The van der Waals surface area contributed by atoms with Crippen LogP contribution in [0.2, 0.25) is 0 Å². The Morgan fingerprint density at radius 1 is 0.464 bits per heavy atom. The lowest BCUT2D eigenvalue weighted by Crippen LogP contribution is -2.00. The van der Waals surface area contributed by atoms with E-state index in [0.29, 0.717) is 17.5 Å². The monoisotopic (exact) mass is 735 g/mol. The number of aromatic nitrogens is 3. The van der Waals surface area contributed by atoms with E-state index in [1.807, 2.05) is 54.6 Å². The summed E-state index contributed by atoms with van der Waals surface area (Å²) in [4.78, 5) is 16.2. The molecule has 56 heavy (non-hydrogen) atoms. The Labute approximate surface area is 328 Å². The van der Waals surface area contributed by atoms with Gasteiger partial charge in [0.1, 0.15) is 11.2 Å². The minimum absolute atomic E-state index is 0.614. The first-order valence-corrected chi connectivity index (χ1v) is 19.3. The second kappa shape index (κ2) is 13.6. The van der Waals surface area contributed by atoms with Crippen molar-refractivity contribution in [1.82, 2.24) is 15.0 Å². The Balaban J connectivity index is 1.09. The number of nitrogens with zero attached hydrogens (tertiary/aromatic N) is 3. The molecule has 0 saturated carbocycles. The summed E-state index contributed by atoms with van der Waals surface area (Å²) in [6.07, 6.45) is 5.71. The van der Waals surface area contributed by atoms with Crippen LogP contribution in [-0.4, -0.2) is 15.0 Å². The highest BCUT2D eigenvalue weighted by Gasteiger charge is 2.18. The molecule has 0 fully saturated rings. The first-order chi connectivity index (χ1) is 27.6. The molecule has 0 atom stereocenters. The zero-order valence-electron chi connectivity index (χ0n) is 30.4. The van der Waals surface area contributed by atoms with Gasteiger partial charge in [-0.1, -0.05) is 147 Å². The van der Waals surface area contributed by atoms with Gasteiger partial charge in [0.15, 0.2) is 17.5 Å². The minimum atomic E-state index is 0.614. The van der Waals surface area contributed by atoms with E-state index in [1.54, 1.807) is 11.3 Å². The van der Waals surface area contributed by atoms with Crippen molar-refractivity contribution in [2.45, 2.75) is 0 Å². The van der Waals surface area contributed by atoms with Crippen molar-refractivity contribution < 1.29 is 4.42 Å². The summed E-state index contributed by atoms with van der Waals surface area (Å²) in [6.45, 7) is 12.2. The van der Waals surface area contributed by atoms with Gasteiger partial charge in [-0.3, -0.25) is 0 Å². The second-order valence-corrected chi connectivity index (χ2v) is 14.8. The topological polar surface area (TPSA) is 51.8 Å². The van der Waals surface area contributed by atoms with Gasteiger partial charge >= 0.3 is 0 Å².